The van der Waals surface area contributed by atoms with E-state index in [1.54, 1.807) is 20.8 Å². The highest BCUT2D eigenvalue weighted by Gasteiger charge is 2.57. The van der Waals surface area contributed by atoms with Crippen molar-refractivity contribution >= 4 is 22.6 Å². The topological polar surface area (TPSA) is 98.5 Å². The van der Waals surface area contributed by atoms with Gasteiger partial charge in [0.05, 0.1) is 33.2 Å². The number of halogens is 2. The molecular weight excluding hydrogens is 418 g/mol. The minimum atomic E-state index is -3.98. The second-order valence-corrected chi connectivity index (χ2v) is 11.0. The van der Waals surface area contributed by atoms with Crippen molar-refractivity contribution in [3.05, 3.63) is 39.4 Å². The third-order valence-electron chi connectivity index (χ3n) is 5.20. The van der Waals surface area contributed by atoms with Gasteiger partial charge < -0.3 is 4.74 Å². The zero-order valence-corrected chi connectivity index (χ0v) is 18.8. The SMILES string of the molecule is CCOC(=O)C(F)(F)C1c2cc([N+](=O)[O-])ccc2C(C)(C)C[C@H]1N[S@](=O)C(C)(C)C. The number of alkyl halides is 2. The summed E-state index contributed by atoms with van der Waals surface area (Å²) in [5.41, 5.74) is -0.527. The third kappa shape index (κ3) is 4.69. The Labute approximate surface area is 177 Å². The molecule has 0 aromatic heterocycles. The van der Waals surface area contributed by atoms with Crippen molar-refractivity contribution < 1.29 is 27.4 Å². The molecule has 0 saturated heterocycles. The van der Waals surface area contributed by atoms with E-state index in [1.807, 2.05) is 13.8 Å². The van der Waals surface area contributed by atoms with Gasteiger partial charge in [0.2, 0.25) is 0 Å². The Morgan fingerprint density at radius 1 is 1.37 bits per heavy atom. The predicted octanol–water partition coefficient (Wildman–Crippen LogP) is 3.98. The van der Waals surface area contributed by atoms with Gasteiger partial charge in [-0.2, -0.15) is 8.78 Å². The molecule has 0 radical (unpaired) electrons. The van der Waals surface area contributed by atoms with Crippen LogP contribution >= 0.6 is 0 Å². The van der Waals surface area contributed by atoms with Gasteiger partial charge in [-0.1, -0.05) is 19.9 Å². The summed E-state index contributed by atoms with van der Waals surface area (Å²) in [5, 5.41) is 11.3. The molecule has 1 aliphatic carbocycles. The number of esters is 1. The maximum atomic E-state index is 15.4. The summed E-state index contributed by atoms with van der Waals surface area (Å²) >= 11 is 0. The van der Waals surface area contributed by atoms with Gasteiger partial charge in [-0.3, -0.25) is 10.1 Å². The van der Waals surface area contributed by atoms with Crippen LogP contribution in [0.2, 0.25) is 0 Å². The van der Waals surface area contributed by atoms with Gasteiger partial charge in [0.25, 0.3) is 5.69 Å². The fraction of sp³-hybridized carbons (Fsp3) is 0.650. The van der Waals surface area contributed by atoms with Crippen molar-refractivity contribution in [1.29, 1.82) is 0 Å². The first-order valence-electron chi connectivity index (χ1n) is 9.64. The van der Waals surface area contributed by atoms with Crippen LogP contribution in [0.1, 0.15) is 65.0 Å². The molecule has 7 nitrogen and oxygen atoms in total. The lowest BCUT2D eigenvalue weighted by molar-refractivity contribution is -0.385. The first kappa shape index (κ1) is 24.3. The number of carbonyl (C=O) groups excluding carboxylic acids is 1. The maximum absolute atomic E-state index is 15.4. The number of ether oxygens (including phenoxy) is 1. The van der Waals surface area contributed by atoms with E-state index in [2.05, 4.69) is 9.46 Å². The van der Waals surface area contributed by atoms with E-state index >= 15 is 8.78 Å². The predicted molar refractivity (Wildman–Crippen MR) is 110 cm³/mol. The molecule has 0 amide bonds. The Morgan fingerprint density at radius 3 is 2.47 bits per heavy atom. The van der Waals surface area contributed by atoms with Gasteiger partial charge in [-0.15, -0.1) is 0 Å². The fourth-order valence-electron chi connectivity index (χ4n) is 3.76. The molecule has 0 spiro atoms. The van der Waals surface area contributed by atoms with Gasteiger partial charge in [0.15, 0.2) is 0 Å². The lowest BCUT2D eigenvalue weighted by atomic mass is 9.65. The highest BCUT2D eigenvalue weighted by atomic mass is 32.2. The van der Waals surface area contributed by atoms with E-state index in [0.29, 0.717) is 5.56 Å². The number of nitro groups is 1. The number of benzene rings is 1. The van der Waals surface area contributed by atoms with Gasteiger partial charge >= 0.3 is 11.9 Å². The van der Waals surface area contributed by atoms with Crippen molar-refractivity contribution in [3.8, 4) is 0 Å². The van der Waals surface area contributed by atoms with E-state index in [9.17, 15) is 19.1 Å². The van der Waals surface area contributed by atoms with Gasteiger partial charge in [0, 0.05) is 18.2 Å². The van der Waals surface area contributed by atoms with Crippen molar-refractivity contribution in [2.45, 2.75) is 76.0 Å². The largest absolute Gasteiger partial charge is 0.462 e. The zero-order chi connectivity index (χ0) is 23.1. The van der Waals surface area contributed by atoms with Gasteiger partial charge in [-0.25, -0.2) is 13.7 Å². The van der Waals surface area contributed by atoms with Gasteiger partial charge in [0.1, 0.15) is 0 Å². The van der Waals surface area contributed by atoms with Crippen molar-refractivity contribution in [2.75, 3.05) is 6.61 Å². The summed E-state index contributed by atoms with van der Waals surface area (Å²) in [6.07, 6.45) is 0.152. The molecule has 10 heteroatoms. The van der Waals surface area contributed by atoms with Crippen LogP contribution in [0.3, 0.4) is 0 Å². The standard InChI is InChI=1S/C20H28F2N2O5S/c1-7-29-17(25)20(21,22)16-13-10-12(24(26)27)8-9-14(13)19(5,6)11-15(16)23-30(28)18(2,3)4/h8-10,15-16,23H,7,11H2,1-6H3/t15-,16?,30-/m1/s1. The van der Waals surface area contributed by atoms with Crippen molar-refractivity contribution in [2.24, 2.45) is 0 Å². The summed E-state index contributed by atoms with van der Waals surface area (Å²) < 4.78 is 50.1. The minimum absolute atomic E-state index is 0.0121. The number of rotatable bonds is 6. The molecule has 0 saturated carbocycles. The number of fused-ring (bicyclic) bond motifs is 1. The summed E-state index contributed by atoms with van der Waals surface area (Å²) in [5.74, 6) is -7.46. The molecule has 1 aromatic carbocycles. The monoisotopic (exact) mass is 446 g/mol. The lowest BCUT2D eigenvalue weighted by Crippen LogP contribution is -2.55. The van der Waals surface area contributed by atoms with E-state index in [4.69, 9.17) is 0 Å². The summed E-state index contributed by atoms with van der Waals surface area (Å²) in [6.45, 7) is 9.92. The molecule has 1 N–H and O–H groups in total. The number of nitrogens with one attached hydrogen (secondary N) is 1. The molecule has 0 heterocycles. The first-order chi connectivity index (χ1) is 13.6. The second-order valence-electron chi connectivity index (χ2n) is 9.04. The number of hydrogen-bond donors (Lipinski definition) is 1. The normalized spacial score (nSPS) is 22.1. The smallest absolute Gasteiger partial charge is 0.377 e. The zero-order valence-electron chi connectivity index (χ0n) is 18.0. The van der Waals surface area contributed by atoms with Crippen LogP contribution in [0.25, 0.3) is 0 Å². The highest BCUT2D eigenvalue weighted by molar-refractivity contribution is 7.84. The molecule has 3 atom stereocenters. The van der Waals surface area contributed by atoms with E-state index in [-0.39, 0.29) is 24.3 Å². The highest BCUT2D eigenvalue weighted by Crippen LogP contribution is 2.50. The van der Waals surface area contributed by atoms with Gasteiger partial charge in [-0.05, 0) is 50.7 Å². The lowest BCUT2D eigenvalue weighted by Gasteiger charge is -2.44. The van der Waals surface area contributed by atoms with E-state index in [0.717, 1.165) is 6.07 Å². The fourth-order valence-corrected chi connectivity index (χ4v) is 4.61. The van der Waals surface area contributed by atoms with Crippen LogP contribution < -0.4 is 4.72 Å². The number of nitrogens with zero attached hydrogens (tertiary/aromatic N) is 1. The molecule has 0 fully saturated rings. The van der Waals surface area contributed by atoms with Crippen LogP contribution in [0.4, 0.5) is 14.5 Å². The number of nitro benzene ring substituents is 1. The van der Waals surface area contributed by atoms with Crippen molar-refractivity contribution in [1.82, 2.24) is 4.72 Å². The average Bonchev–Trinajstić information content (AvgIpc) is 2.59. The Morgan fingerprint density at radius 2 is 1.97 bits per heavy atom. The molecule has 1 aromatic rings. The van der Waals surface area contributed by atoms with Crippen molar-refractivity contribution in [3.63, 3.8) is 0 Å². The second kappa shape index (κ2) is 8.30. The molecule has 0 bridgehead atoms. The van der Waals surface area contributed by atoms with Crippen LogP contribution in [0.15, 0.2) is 18.2 Å². The third-order valence-corrected chi connectivity index (χ3v) is 6.82. The molecule has 1 unspecified atom stereocenters. The van der Waals surface area contributed by atoms with Crippen LogP contribution in [-0.2, 0) is 25.9 Å². The Hall–Kier alpha value is -1.94. The summed E-state index contributed by atoms with van der Waals surface area (Å²) in [7, 11) is -1.70. The number of carbonyl (C=O) groups is 1. The number of hydrogen-bond acceptors (Lipinski definition) is 5. The summed E-state index contributed by atoms with van der Waals surface area (Å²) in [6, 6.07) is 2.73. The molecular formula is C20H28F2N2O5S. The quantitative estimate of drug-likeness (QED) is 0.405. The summed E-state index contributed by atoms with van der Waals surface area (Å²) in [4.78, 5) is 22.8. The molecule has 1 aliphatic rings. The molecule has 2 rings (SSSR count). The molecule has 0 aliphatic heterocycles. The maximum Gasteiger partial charge on any atom is 0.377 e. The molecule has 30 heavy (non-hydrogen) atoms. The van der Waals surface area contributed by atoms with E-state index in [1.165, 1.54) is 19.1 Å². The Kier molecular flexibility index (Phi) is 6.73. The van der Waals surface area contributed by atoms with E-state index < -0.39 is 49.9 Å². The Balaban J connectivity index is 2.70. The van der Waals surface area contributed by atoms with Crippen LogP contribution in [-0.4, -0.2) is 38.4 Å². The number of non-ortho nitro benzene ring substituents is 1. The van der Waals surface area contributed by atoms with Crippen LogP contribution in [0.5, 0.6) is 0 Å². The van der Waals surface area contributed by atoms with Crippen LogP contribution in [0, 0.1) is 10.1 Å². The minimum Gasteiger partial charge on any atom is -0.462 e. The Bertz CT molecular complexity index is 867. The first-order valence-corrected chi connectivity index (χ1v) is 10.8. The molecule has 168 valence electrons. The average molecular weight is 447 g/mol.